The molecule has 2 aliphatic heterocycles. The Hall–Kier alpha value is -2.18. The predicted molar refractivity (Wildman–Crippen MR) is 97.8 cm³/mol. The minimum Gasteiger partial charge on any atom is -0.343 e. The van der Waals surface area contributed by atoms with Gasteiger partial charge in [-0.3, -0.25) is 14.2 Å². The number of hydrogen-bond acceptors (Lipinski definition) is 4. The van der Waals surface area contributed by atoms with Crippen LogP contribution in [0.1, 0.15) is 49.9 Å². The topological polar surface area (TPSA) is 75.5 Å². The smallest absolute Gasteiger partial charge is 0.343 e. The lowest BCUT2D eigenvalue weighted by atomic mass is 9.99. The van der Waals surface area contributed by atoms with Crippen molar-refractivity contribution < 1.29 is 9.59 Å². The summed E-state index contributed by atoms with van der Waals surface area (Å²) in [4.78, 5) is 44.6. The summed E-state index contributed by atoms with van der Waals surface area (Å²) in [6, 6.07) is 1.97. The molecule has 2 saturated heterocycles. The average molecular weight is 360 g/mol. The Morgan fingerprint density at radius 2 is 2.00 bits per heavy atom. The fourth-order valence-corrected chi connectivity index (χ4v) is 4.07. The van der Waals surface area contributed by atoms with Crippen LogP contribution in [0.25, 0.3) is 0 Å². The maximum atomic E-state index is 12.9. The lowest BCUT2D eigenvalue weighted by molar-refractivity contribution is -0.136. The Bertz CT molecular complexity index is 743. The van der Waals surface area contributed by atoms with Gasteiger partial charge in [-0.05, 0) is 52.0 Å². The number of carbonyl (C=O) groups excluding carboxylic acids is 2. The van der Waals surface area contributed by atoms with Crippen molar-refractivity contribution >= 4 is 11.8 Å². The fraction of sp³-hybridized carbons (Fsp3) is 0.684. The van der Waals surface area contributed by atoms with Crippen molar-refractivity contribution in [3.8, 4) is 0 Å². The van der Waals surface area contributed by atoms with Crippen molar-refractivity contribution in [3.63, 3.8) is 0 Å². The van der Waals surface area contributed by atoms with Gasteiger partial charge in [-0.25, -0.2) is 4.79 Å². The van der Waals surface area contributed by atoms with Crippen LogP contribution in [-0.2, 0) is 16.1 Å². The van der Waals surface area contributed by atoms with E-state index in [1.165, 1.54) is 4.57 Å². The number of piperidine rings is 1. The minimum absolute atomic E-state index is 0.0294. The molecule has 2 amide bonds. The quantitative estimate of drug-likeness (QED) is 0.792. The highest BCUT2D eigenvalue weighted by atomic mass is 16.2. The van der Waals surface area contributed by atoms with E-state index >= 15 is 0 Å². The van der Waals surface area contributed by atoms with Gasteiger partial charge in [-0.1, -0.05) is 0 Å². The summed E-state index contributed by atoms with van der Waals surface area (Å²) in [5, 5.41) is 0. The van der Waals surface area contributed by atoms with E-state index < -0.39 is 0 Å². The summed E-state index contributed by atoms with van der Waals surface area (Å²) in [6.45, 7) is 5.93. The van der Waals surface area contributed by atoms with Crippen molar-refractivity contribution in [2.45, 2.75) is 65.0 Å². The van der Waals surface area contributed by atoms with Gasteiger partial charge >= 0.3 is 5.69 Å². The maximum absolute atomic E-state index is 12.9. The lowest BCUT2D eigenvalue weighted by Gasteiger charge is -2.37. The summed E-state index contributed by atoms with van der Waals surface area (Å²) < 4.78 is 1.45. The highest BCUT2D eigenvalue weighted by Gasteiger charge is 2.29. The third kappa shape index (κ3) is 4.14. The van der Waals surface area contributed by atoms with Crippen molar-refractivity contribution in [2.24, 2.45) is 0 Å². The zero-order valence-electron chi connectivity index (χ0n) is 15.7. The molecule has 7 heteroatoms. The van der Waals surface area contributed by atoms with E-state index in [9.17, 15) is 14.4 Å². The lowest BCUT2D eigenvalue weighted by Crippen LogP contribution is -2.47. The minimum atomic E-state index is -0.368. The normalized spacial score (nSPS) is 20.7. The van der Waals surface area contributed by atoms with Gasteiger partial charge in [0.15, 0.2) is 0 Å². The molecule has 1 aromatic heterocycles. The first-order chi connectivity index (χ1) is 12.5. The van der Waals surface area contributed by atoms with Gasteiger partial charge in [-0.15, -0.1) is 0 Å². The second-order valence-corrected chi connectivity index (χ2v) is 7.42. The maximum Gasteiger partial charge on any atom is 0.348 e. The van der Waals surface area contributed by atoms with Crippen LogP contribution in [0.4, 0.5) is 0 Å². The van der Waals surface area contributed by atoms with Crippen LogP contribution in [0.5, 0.6) is 0 Å². The highest BCUT2D eigenvalue weighted by Crippen LogP contribution is 2.22. The Labute approximate surface area is 154 Å². The number of hydrogen-bond donors (Lipinski definition) is 0. The van der Waals surface area contributed by atoms with E-state index in [1.807, 2.05) is 22.8 Å². The van der Waals surface area contributed by atoms with E-state index in [2.05, 4.69) is 4.98 Å². The number of aromatic nitrogens is 2. The number of amides is 2. The summed E-state index contributed by atoms with van der Waals surface area (Å²) >= 11 is 0. The molecule has 2 aliphatic rings. The van der Waals surface area contributed by atoms with Crippen LogP contribution in [-0.4, -0.2) is 56.8 Å². The summed E-state index contributed by atoms with van der Waals surface area (Å²) in [6.07, 6.45) is 5.47. The molecule has 26 heavy (non-hydrogen) atoms. The largest absolute Gasteiger partial charge is 0.348 e. The molecule has 0 unspecified atom stereocenters. The second kappa shape index (κ2) is 8.01. The molecule has 1 aromatic rings. The van der Waals surface area contributed by atoms with Crippen LogP contribution < -0.4 is 5.69 Å². The molecule has 142 valence electrons. The Kier molecular flexibility index (Phi) is 5.74. The third-order valence-electron chi connectivity index (χ3n) is 5.49. The Balaban J connectivity index is 1.66. The molecule has 3 heterocycles. The van der Waals surface area contributed by atoms with Crippen molar-refractivity contribution in [2.75, 3.05) is 19.6 Å². The SMILES string of the molecule is Cc1cc(C)n(CC(=O)N2CCCC[C@@H]2CCN2CCCC2=O)c(=O)n1. The van der Waals surface area contributed by atoms with Crippen LogP contribution in [0, 0.1) is 13.8 Å². The first-order valence-electron chi connectivity index (χ1n) is 9.58. The molecule has 2 fully saturated rings. The van der Waals surface area contributed by atoms with E-state index in [4.69, 9.17) is 0 Å². The fourth-order valence-electron chi connectivity index (χ4n) is 4.07. The third-order valence-corrected chi connectivity index (χ3v) is 5.49. The van der Waals surface area contributed by atoms with Crippen molar-refractivity contribution in [3.05, 3.63) is 27.9 Å². The van der Waals surface area contributed by atoms with Crippen LogP contribution >= 0.6 is 0 Å². The van der Waals surface area contributed by atoms with Gasteiger partial charge in [0, 0.05) is 43.5 Å². The molecule has 1 atom stereocenters. The van der Waals surface area contributed by atoms with Crippen molar-refractivity contribution in [1.29, 1.82) is 0 Å². The first kappa shape index (κ1) is 18.6. The number of aryl methyl sites for hydroxylation is 2. The molecule has 0 N–H and O–H groups in total. The zero-order chi connectivity index (χ0) is 18.7. The molecule has 0 radical (unpaired) electrons. The van der Waals surface area contributed by atoms with E-state index in [1.54, 1.807) is 6.92 Å². The monoisotopic (exact) mass is 360 g/mol. The van der Waals surface area contributed by atoms with E-state index in [0.29, 0.717) is 12.1 Å². The molecule has 0 bridgehead atoms. The molecule has 0 aromatic carbocycles. The standard InChI is InChI=1S/C19H28N4O3/c1-14-12-15(2)23(19(26)20-14)13-18(25)22-10-4-3-6-16(22)8-11-21-9-5-7-17(21)24/h12,16H,3-11,13H2,1-2H3/t16-/m1/s1. The zero-order valence-corrected chi connectivity index (χ0v) is 15.7. The highest BCUT2D eigenvalue weighted by molar-refractivity contribution is 5.78. The number of likely N-dealkylation sites (tertiary alicyclic amines) is 2. The molecule has 0 spiro atoms. The van der Waals surface area contributed by atoms with Crippen LogP contribution in [0.15, 0.2) is 10.9 Å². The molecule has 7 nitrogen and oxygen atoms in total. The molecule has 3 rings (SSSR count). The van der Waals surface area contributed by atoms with Gasteiger partial charge in [0.2, 0.25) is 11.8 Å². The van der Waals surface area contributed by atoms with Crippen molar-refractivity contribution in [1.82, 2.24) is 19.4 Å². The van der Waals surface area contributed by atoms with Gasteiger partial charge in [0.1, 0.15) is 6.54 Å². The molecular formula is C19H28N4O3. The van der Waals surface area contributed by atoms with Gasteiger partial charge in [0.25, 0.3) is 0 Å². The number of rotatable bonds is 5. The Morgan fingerprint density at radius 1 is 1.19 bits per heavy atom. The Morgan fingerprint density at radius 3 is 2.69 bits per heavy atom. The number of nitrogens with zero attached hydrogens (tertiary/aromatic N) is 4. The first-order valence-corrected chi connectivity index (χ1v) is 9.58. The van der Waals surface area contributed by atoms with E-state index in [-0.39, 0.29) is 30.1 Å². The summed E-state index contributed by atoms with van der Waals surface area (Å²) in [5.74, 6) is 0.199. The molecule has 0 saturated carbocycles. The second-order valence-electron chi connectivity index (χ2n) is 7.42. The summed E-state index contributed by atoms with van der Waals surface area (Å²) in [5.41, 5.74) is 1.06. The van der Waals surface area contributed by atoms with Gasteiger partial charge in [-0.2, -0.15) is 4.98 Å². The summed E-state index contributed by atoms with van der Waals surface area (Å²) in [7, 11) is 0. The predicted octanol–water partition coefficient (Wildman–Crippen LogP) is 1.25. The van der Waals surface area contributed by atoms with E-state index in [0.717, 1.165) is 57.4 Å². The average Bonchev–Trinajstić information content (AvgIpc) is 3.01. The molecule has 0 aliphatic carbocycles. The molecular weight excluding hydrogens is 332 g/mol. The van der Waals surface area contributed by atoms with Gasteiger partial charge in [0.05, 0.1) is 0 Å². The number of carbonyl (C=O) groups is 2. The van der Waals surface area contributed by atoms with Crippen LogP contribution in [0.3, 0.4) is 0 Å². The van der Waals surface area contributed by atoms with Crippen LogP contribution in [0.2, 0.25) is 0 Å². The van der Waals surface area contributed by atoms with Gasteiger partial charge < -0.3 is 9.80 Å².